The SMILES string of the molecule is CC(=O)c1ccc(NC(=O)N2CCCC(C(=O)NCCN)C2)cc1.Cl. The molecule has 1 saturated heterocycles. The number of piperidine rings is 1. The van der Waals surface area contributed by atoms with Crippen molar-refractivity contribution in [3.63, 3.8) is 0 Å². The molecule has 8 heteroatoms. The molecule has 1 heterocycles. The Morgan fingerprint density at radius 2 is 1.92 bits per heavy atom. The number of carbonyl (C=O) groups excluding carboxylic acids is 3. The second kappa shape index (κ2) is 10.0. The van der Waals surface area contributed by atoms with Gasteiger partial charge in [-0.15, -0.1) is 12.4 Å². The molecule has 7 nitrogen and oxygen atoms in total. The first-order valence-electron chi connectivity index (χ1n) is 8.16. The van der Waals surface area contributed by atoms with Gasteiger partial charge < -0.3 is 21.3 Å². The molecule has 1 unspecified atom stereocenters. The fourth-order valence-electron chi connectivity index (χ4n) is 2.71. The molecule has 0 spiro atoms. The monoisotopic (exact) mass is 368 g/mol. The first kappa shape index (κ1) is 20.9. The maximum absolute atomic E-state index is 12.4. The number of ketones is 1. The number of carbonyl (C=O) groups is 3. The second-order valence-electron chi connectivity index (χ2n) is 5.93. The molecule has 0 aliphatic carbocycles. The molecule has 1 fully saturated rings. The lowest BCUT2D eigenvalue weighted by molar-refractivity contribution is -0.126. The highest BCUT2D eigenvalue weighted by molar-refractivity contribution is 5.95. The van der Waals surface area contributed by atoms with Gasteiger partial charge in [-0.1, -0.05) is 0 Å². The largest absolute Gasteiger partial charge is 0.355 e. The van der Waals surface area contributed by atoms with Gasteiger partial charge in [0.1, 0.15) is 0 Å². The molecule has 138 valence electrons. The van der Waals surface area contributed by atoms with Crippen LogP contribution in [0.15, 0.2) is 24.3 Å². The van der Waals surface area contributed by atoms with Crippen molar-refractivity contribution in [2.45, 2.75) is 19.8 Å². The van der Waals surface area contributed by atoms with Crippen LogP contribution in [0.1, 0.15) is 30.1 Å². The highest BCUT2D eigenvalue weighted by Crippen LogP contribution is 2.18. The summed E-state index contributed by atoms with van der Waals surface area (Å²) in [6, 6.07) is 6.52. The zero-order valence-electron chi connectivity index (χ0n) is 14.3. The molecule has 0 bridgehead atoms. The number of nitrogens with two attached hydrogens (primary N) is 1. The minimum Gasteiger partial charge on any atom is -0.355 e. The van der Waals surface area contributed by atoms with E-state index >= 15 is 0 Å². The predicted molar refractivity (Wildman–Crippen MR) is 99.1 cm³/mol. The van der Waals surface area contributed by atoms with Gasteiger partial charge in [-0.05, 0) is 44.0 Å². The Bertz CT molecular complexity index is 606. The smallest absolute Gasteiger partial charge is 0.321 e. The van der Waals surface area contributed by atoms with Crippen molar-refractivity contribution < 1.29 is 14.4 Å². The van der Waals surface area contributed by atoms with E-state index in [4.69, 9.17) is 5.73 Å². The maximum atomic E-state index is 12.4. The third kappa shape index (κ3) is 6.03. The van der Waals surface area contributed by atoms with E-state index in [2.05, 4.69) is 10.6 Å². The molecular weight excluding hydrogens is 344 g/mol. The first-order chi connectivity index (χ1) is 11.5. The van der Waals surface area contributed by atoms with Gasteiger partial charge >= 0.3 is 6.03 Å². The van der Waals surface area contributed by atoms with Crippen LogP contribution in [0.2, 0.25) is 0 Å². The Hall–Kier alpha value is -2.12. The normalized spacial score (nSPS) is 16.6. The minimum atomic E-state index is -0.234. The molecule has 1 aliphatic heterocycles. The molecule has 3 amide bonds. The summed E-state index contributed by atoms with van der Waals surface area (Å²) < 4.78 is 0. The van der Waals surface area contributed by atoms with Gasteiger partial charge in [-0.3, -0.25) is 9.59 Å². The molecule has 0 aromatic heterocycles. The summed E-state index contributed by atoms with van der Waals surface area (Å²) in [4.78, 5) is 37.3. The molecule has 2 rings (SSSR count). The number of anilines is 1. The second-order valence-corrected chi connectivity index (χ2v) is 5.93. The van der Waals surface area contributed by atoms with Crippen LogP contribution in [-0.4, -0.2) is 48.8 Å². The Balaban J connectivity index is 0.00000312. The molecule has 1 aromatic rings. The van der Waals surface area contributed by atoms with E-state index in [9.17, 15) is 14.4 Å². The lowest BCUT2D eigenvalue weighted by Crippen LogP contribution is -2.47. The summed E-state index contributed by atoms with van der Waals surface area (Å²) in [7, 11) is 0. The highest BCUT2D eigenvalue weighted by atomic mass is 35.5. The van der Waals surface area contributed by atoms with Crippen LogP contribution in [0.5, 0.6) is 0 Å². The van der Waals surface area contributed by atoms with Gasteiger partial charge in [0, 0.05) is 37.4 Å². The molecule has 0 radical (unpaired) electrons. The number of amides is 3. The minimum absolute atomic E-state index is 0. The van der Waals surface area contributed by atoms with Crippen LogP contribution < -0.4 is 16.4 Å². The Kier molecular flexibility index (Phi) is 8.37. The average Bonchev–Trinajstić information content (AvgIpc) is 2.60. The van der Waals surface area contributed by atoms with E-state index < -0.39 is 0 Å². The number of hydrogen-bond acceptors (Lipinski definition) is 4. The van der Waals surface area contributed by atoms with E-state index in [1.807, 2.05) is 0 Å². The zero-order chi connectivity index (χ0) is 17.5. The van der Waals surface area contributed by atoms with Gasteiger partial charge in [0.25, 0.3) is 0 Å². The van der Waals surface area contributed by atoms with Crippen molar-refractivity contribution in [3.05, 3.63) is 29.8 Å². The van der Waals surface area contributed by atoms with E-state index in [1.165, 1.54) is 6.92 Å². The van der Waals surface area contributed by atoms with Crippen molar-refractivity contribution in [2.24, 2.45) is 11.7 Å². The molecule has 1 aromatic carbocycles. The zero-order valence-corrected chi connectivity index (χ0v) is 15.1. The molecular formula is C17H25ClN4O3. The van der Waals surface area contributed by atoms with E-state index in [1.54, 1.807) is 29.2 Å². The lowest BCUT2D eigenvalue weighted by Gasteiger charge is -2.32. The van der Waals surface area contributed by atoms with Crippen LogP contribution in [0.25, 0.3) is 0 Å². The number of nitrogens with zero attached hydrogens (tertiary/aromatic N) is 1. The number of benzene rings is 1. The molecule has 25 heavy (non-hydrogen) atoms. The lowest BCUT2D eigenvalue weighted by atomic mass is 9.97. The van der Waals surface area contributed by atoms with Crippen LogP contribution in [-0.2, 0) is 4.79 Å². The van der Waals surface area contributed by atoms with Crippen molar-refractivity contribution in [2.75, 3.05) is 31.5 Å². The number of urea groups is 1. The summed E-state index contributed by atoms with van der Waals surface area (Å²) in [5.41, 5.74) is 6.61. The molecule has 0 saturated carbocycles. The standard InChI is InChI=1S/C17H24N4O3.ClH/c1-12(22)13-4-6-15(7-5-13)20-17(24)21-10-2-3-14(11-21)16(23)19-9-8-18;/h4-7,14H,2-3,8-11,18H2,1H3,(H,19,23)(H,20,24);1H. The fourth-order valence-corrected chi connectivity index (χ4v) is 2.71. The maximum Gasteiger partial charge on any atom is 0.321 e. The predicted octanol–water partition coefficient (Wildman–Crippen LogP) is 1.63. The molecule has 1 atom stereocenters. The summed E-state index contributed by atoms with van der Waals surface area (Å²) >= 11 is 0. The van der Waals surface area contributed by atoms with Crippen LogP contribution in [0.3, 0.4) is 0 Å². The van der Waals surface area contributed by atoms with Crippen LogP contribution in [0, 0.1) is 5.92 Å². The van der Waals surface area contributed by atoms with Crippen LogP contribution >= 0.6 is 12.4 Å². The summed E-state index contributed by atoms with van der Waals surface area (Å²) in [5, 5.41) is 5.58. The van der Waals surface area contributed by atoms with Gasteiger partial charge in [0.2, 0.25) is 5.91 Å². The number of rotatable bonds is 5. The van der Waals surface area contributed by atoms with Gasteiger partial charge in [-0.25, -0.2) is 4.79 Å². The van der Waals surface area contributed by atoms with Crippen molar-refractivity contribution in [1.29, 1.82) is 0 Å². The fraction of sp³-hybridized carbons (Fsp3) is 0.471. The van der Waals surface area contributed by atoms with Gasteiger partial charge in [-0.2, -0.15) is 0 Å². The van der Waals surface area contributed by atoms with Gasteiger partial charge in [0.05, 0.1) is 5.92 Å². The third-order valence-electron chi connectivity index (χ3n) is 4.07. The number of nitrogens with one attached hydrogen (secondary N) is 2. The number of hydrogen-bond donors (Lipinski definition) is 3. The molecule has 1 aliphatic rings. The van der Waals surface area contributed by atoms with Crippen LogP contribution in [0.4, 0.5) is 10.5 Å². The Labute approximate surface area is 153 Å². The van der Waals surface area contributed by atoms with Crippen molar-refractivity contribution in [1.82, 2.24) is 10.2 Å². The average molecular weight is 369 g/mol. The van der Waals surface area contributed by atoms with E-state index in [-0.39, 0.29) is 36.0 Å². The number of Topliss-reactive ketones (excluding diaryl/α,β-unsaturated/α-hetero) is 1. The summed E-state index contributed by atoms with van der Waals surface area (Å²) in [6.07, 6.45) is 1.56. The number of likely N-dealkylation sites (tertiary alicyclic amines) is 1. The Morgan fingerprint density at radius 3 is 2.52 bits per heavy atom. The van der Waals surface area contributed by atoms with Gasteiger partial charge in [0.15, 0.2) is 5.78 Å². The summed E-state index contributed by atoms with van der Waals surface area (Å²) in [5.74, 6) is -0.268. The van der Waals surface area contributed by atoms with Crippen molar-refractivity contribution in [3.8, 4) is 0 Å². The quantitative estimate of drug-likeness (QED) is 0.687. The number of halogens is 1. The Morgan fingerprint density at radius 1 is 1.24 bits per heavy atom. The van der Waals surface area contributed by atoms with E-state index in [0.717, 1.165) is 12.8 Å². The summed E-state index contributed by atoms with van der Waals surface area (Å²) in [6.45, 7) is 3.37. The van der Waals surface area contributed by atoms with E-state index in [0.29, 0.717) is 37.4 Å². The topological polar surface area (TPSA) is 105 Å². The first-order valence-corrected chi connectivity index (χ1v) is 8.16. The van der Waals surface area contributed by atoms with Crippen molar-refractivity contribution >= 4 is 35.8 Å². The highest BCUT2D eigenvalue weighted by Gasteiger charge is 2.28. The third-order valence-corrected chi connectivity index (χ3v) is 4.07. The molecule has 4 N–H and O–H groups in total.